The summed E-state index contributed by atoms with van der Waals surface area (Å²) in [7, 11) is 0.611. The van der Waals surface area contributed by atoms with Gasteiger partial charge < -0.3 is 9.36 Å². The average molecular weight is 389 g/mol. The Morgan fingerprint density at radius 1 is 0.609 bits per heavy atom. The fourth-order valence-corrected chi connectivity index (χ4v) is 2.30. The van der Waals surface area contributed by atoms with Crippen LogP contribution in [0.15, 0.2) is 12.2 Å². The molecule has 0 aromatic rings. The molecule has 0 aliphatic rings. The first kappa shape index (κ1) is 31.0. The summed E-state index contributed by atoms with van der Waals surface area (Å²) >= 11 is 0. The molecule has 2 nitrogen and oxygen atoms in total. The fraction of sp³-hybridized carbons (Fsp3) is 0.833. The summed E-state index contributed by atoms with van der Waals surface area (Å²) in [6.07, 6.45) is 23.6. The van der Waals surface area contributed by atoms with E-state index in [1.54, 1.807) is 0 Å². The standard InChI is InChI=1S/C18H34O.2ClH.H3OP/c1-2-3-4-5-6-7-8-9-10-11-12-13-14-15-16-17-18-19;;;1-2/h9-10,18H,2-8,11-17H2,1H3;2*1H;2H3. The van der Waals surface area contributed by atoms with E-state index in [2.05, 4.69) is 19.1 Å². The zero-order valence-corrected chi connectivity index (χ0v) is 18.0. The molecule has 0 aromatic carbocycles. The van der Waals surface area contributed by atoms with E-state index < -0.39 is 0 Å². The van der Waals surface area contributed by atoms with E-state index in [4.69, 9.17) is 4.57 Å². The van der Waals surface area contributed by atoms with Crippen LogP contribution in [0.2, 0.25) is 0 Å². The van der Waals surface area contributed by atoms with Crippen LogP contribution in [0.4, 0.5) is 0 Å². The molecule has 0 rings (SSSR count). The maximum absolute atomic E-state index is 10.1. The normalized spacial score (nSPS) is 9.61. The highest BCUT2D eigenvalue weighted by Crippen LogP contribution is 2.09. The average Bonchev–Trinajstić information content (AvgIpc) is 2.53. The number of unbranched alkanes of at least 4 members (excludes halogenated alkanes) is 12. The van der Waals surface area contributed by atoms with Crippen molar-refractivity contribution in [2.75, 3.05) is 0 Å². The van der Waals surface area contributed by atoms with Gasteiger partial charge in [-0.1, -0.05) is 70.4 Å². The van der Waals surface area contributed by atoms with E-state index >= 15 is 0 Å². The molecule has 142 valence electrons. The van der Waals surface area contributed by atoms with Gasteiger partial charge in [-0.15, -0.1) is 24.8 Å². The molecule has 0 amide bonds. The molecule has 0 radical (unpaired) electrons. The monoisotopic (exact) mass is 388 g/mol. The number of rotatable bonds is 15. The zero-order valence-electron chi connectivity index (χ0n) is 15.0. The van der Waals surface area contributed by atoms with Crippen LogP contribution in [0.5, 0.6) is 0 Å². The number of aldehydes is 1. The highest BCUT2D eigenvalue weighted by Gasteiger charge is 1.90. The van der Waals surface area contributed by atoms with Gasteiger partial charge in [0.15, 0.2) is 0 Å². The first-order valence-electron chi connectivity index (χ1n) is 8.79. The number of carbonyl (C=O) groups is 1. The third-order valence-electron chi connectivity index (χ3n) is 3.58. The van der Waals surface area contributed by atoms with E-state index in [1.807, 2.05) is 0 Å². The predicted octanol–water partition coefficient (Wildman–Crippen LogP) is 7.01. The molecule has 5 heteroatoms. The van der Waals surface area contributed by atoms with Crippen molar-refractivity contribution in [2.24, 2.45) is 0 Å². The van der Waals surface area contributed by atoms with Gasteiger partial charge in [0.2, 0.25) is 0 Å². The van der Waals surface area contributed by atoms with Gasteiger partial charge in [0, 0.05) is 6.42 Å². The largest absolute Gasteiger partial charge is 0.333 e. The van der Waals surface area contributed by atoms with Crippen LogP contribution >= 0.6 is 33.9 Å². The van der Waals surface area contributed by atoms with E-state index in [0.717, 1.165) is 19.1 Å². The number of halogens is 2. The molecule has 1 atom stereocenters. The minimum absolute atomic E-state index is 0. The molecule has 0 fully saturated rings. The smallest absolute Gasteiger partial charge is 0.119 e. The Kier molecular flexibility index (Phi) is 45.5. The molecular weight excluding hydrogens is 350 g/mol. The molecule has 23 heavy (non-hydrogen) atoms. The first-order chi connectivity index (χ1) is 10.4. The summed E-state index contributed by atoms with van der Waals surface area (Å²) in [5.74, 6) is 0. The summed E-state index contributed by atoms with van der Waals surface area (Å²) in [6.45, 7) is 2.27. The molecule has 0 saturated heterocycles. The van der Waals surface area contributed by atoms with Gasteiger partial charge in [0.05, 0.1) is 9.12 Å². The number of hydrogen-bond acceptors (Lipinski definition) is 2. The molecule has 1 unspecified atom stereocenters. The Hall–Kier alpha value is 0.220. The highest BCUT2D eigenvalue weighted by atomic mass is 35.5. The second-order valence-electron chi connectivity index (χ2n) is 5.54. The van der Waals surface area contributed by atoms with Gasteiger partial charge in [-0.05, 0) is 32.1 Å². The van der Waals surface area contributed by atoms with Crippen LogP contribution < -0.4 is 0 Å². The van der Waals surface area contributed by atoms with Crippen molar-refractivity contribution in [3.05, 3.63) is 12.2 Å². The number of carbonyl (C=O) groups excluding carboxylic acids is 1. The molecule has 0 bridgehead atoms. The lowest BCUT2D eigenvalue weighted by atomic mass is 10.1. The Bertz CT molecular complexity index is 227. The Labute approximate surface area is 158 Å². The Morgan fingerprint density at radius 3 is 1.35 bits per heavy atom. The lowest BCUT2D eigenvalue weighted by Gasteiger charge is -1.98. The minimum atomic E-state index is 0. The van der Waals surface area contributed by atoms with Crippen molar-refractivity contribution in [3.8, 4) is 0 Å². The molecule has 0 saturated carbocycles. The highest BCUT2D eigenvalue weighted by molar-refractivity contribution is 7.00. The van der Waals surface area contributed by atoms with Gasteiger partial charge in [-0.2, -0.15) is 0 Å². The van der Waals surface area contributed by atoms with Crippen LogP contribution in [-0.2, 0) is 9.36 Å². The van der Waals surface area contributed by atoms with Crippen molar-refractivity contribution in [3.63, 3.8) is 0 Å². The van der Waals surface area contributed by atoms with Gasteiger partial charge in [-0.25, -0.2) is 0 Å². The maximum atomic E-state index is 10.1. The van der Waals surface area contributed by atoms with Crippen LogP contribution in [0.25, 0.3) is 0 Å². The first-order valence-corrected chi connectivity index (χ1v) is 9.37. The molecule has 0 heterocycles. The Morgan fingerprint density at radius 2 is 0.957 bits per heavy atom. The fourth-order valence-electron chi connectivity index (χ4n) is 2.30. The quantitative estimate of drug-likeness (QED) is 0.131. The summed E-state index contributed by atoms with van der Waals surface area (Å²) in [6, 6.07) is 0. The molecule has 0 spiro atoms. The third kappa shape index (κ3) is 34.5. The molecule has 0 aliphatic carbocycles. The van der Waals surface area contributed by atoms with Crippen molar-refractivity contribution >= 4 is 40.2 Å². The van der Waals surface area contributed by atoms with E-state index in [0.29, 0.717) is 9.12 Å². The van der Waals surface area contributed by atoms with Crippen molar-refractivity contribution in [1.82, 2.24) is 0 Å². The van der Waals surface area contributed by atoms with Crippen LogP contribution in [-0.4, -0.2) is 6.29 Å². The van der Waals surface area contributed by atoms with Crippen molar-refractivity contribution < 1.29 is 9.36 Å². The second-order valence-corrected chi connectivity index (χ2v) is 5.54. The van der Waals surface area contributed by atoms with Gasteiger partial charge in [0.1, 0.15) is 6.29 Å². The van der Waals surface area contributed by atoms with Crippen LogP contribution in [0, 0.1) is 0 Å². The minimum Gasteiger partial charge on any atom is -0.333 e. The summed E-state index contributed by atoms with van der Waals surface area (Å²) in [5, 5.41) is 0. The lowest BCUT2D eigenvalue weighted by Crippen LogP contribution is -1.80. The van der Waals surface area contributed by atoms with Gasteiger partial charge >= 0.3 is 0 Å². The van der Waals surface area contributed by atoms with E-state index in [9.17, 15) is 4.79 Å². The SMILES string of the molecule is CCCCCCCCC=CCCCCCCCC=O.Cl.Cl.O=[PH3]. The summed E-state index contributed by atoms with van der Waals surface area (Å²) < 4.78 is 8.28. The second kappa shape index (κ2) is 33.7. The maximum Gasteiger partial charge on any atom is 0.119 e. The van der Waals surface area contributed by atoms with Gasteiger partial charge in [0.25, 0.3) is 0 Å². The lowest BCUT2D eigenvalue weighted by molar-refractivity contribution is -0.107. The van der Waals surface area contributed by atoms with E-state index in [1.165, 1.54) is 77.0 Å². The van der Waals surface area contributed by atoms with Crippen LogP contribution in [0.3, 0.4) is 0 Å². The zero-order chi connectivity index (χ0) is 16.0. The predicted molar refractivity (Wildman–Crippen MR) is 112 cm³/mol. The topological polar surface area (TPSA) is 34.1 Å². The summed E-state index contributed by atoms with van der Waals surface area (Å²) in [5.41, 5.74) is 0. The van der Waals surface area contributed by atoms with Gasteiger partial charge in [-0.3, -0.25) is 0 Å². The molecule has 0 aromatic heterocycles. The number of allylic oxidation sites excluding steroid dienone is 2. The Balaban J connectivity index is -0.000000432. The molecular formula is C18H39Cl2O2P. The molecule has 0 aliphatic heterocycles. The van der Waals surface area contributed by atoms with Crippen molar-refractivity contribution in [1.29, 1.82) is 0 Å². The van der Waals surface area contributed by atoms with Crippen LogP contribution in [0.1, 0.15) is 96.8 Å². The summed E-state index contributed by atoms with van der Waals surface area (Å²) in [4.78, 5) is 10.1. The molecule has 0 N–H and O–H groups in total. The van der Waals surface area contributed by atoms with Crippen molar-refractivity contribution in [2.45, 2.75) is 96.8 Å². The third-order valence-corrected chi connectivity index (χ3v) is 3.58. The number of hydrogen-bond donors (Lipinski definition) is 0. The van der Waals surface area contributed by atoms with E-state index in [-0.39, 0.29) is 24.8 Å².